The Balaban J connectivity index is 1.81. The number of benzene rings is 3. The first-order valence-corrected chi connectivity index (χ1v) is 9.98. The largest absolute Gasteiger partial charge is 0.319 e. The summed E-state index contributed by atoms with van der Waals surface area (Å²) in [4.78, 5) is 17.6. The Morgan fingerprint density at radius 1 is 0.900 bits per heavy atom. The van der Waals surface area contributed by atoms with E-state index in [0.717, 1.165) is 33.6 Å². The van der Waals surface area contributed by atoms with Crippen molar-refractivity contribution in [2.24, 2.45) is 0 Å². The third-order valence-corrected chi connectivity index (χ3v) is 5.19. The number of carbonyl (C=O) groups is 1. The molecule has 0 aliphatic carbocycles. The van der Waals surface area contributed by atoms with Gasteiger partial charge in [0.05, 0.1) is 5.69 Å². The molecule has 0 aliphatic heterocycles. The van der Waals surface area contributed by atoms with E-state index in [1.165, 1.54) is 0 Å². The van der Waals surface area contributed by atoms with Crippen LogP contribution in [-0.2, 0) is 0 Å². The van der Waals surface area contributed by atoms with E-state index in [2.05, 4.69) is 15.4 Å². The van der Waals surface area contributed by atoms with E-state index in [1.54, 1.807) is 10.7 Å². The first kappa shape index (κ1) is 19.9. The maximum absolute atomic E-state index is 13.0. The zero-order valence-electron chi connectivity index (χ0n) is 17.0. The Morgan fingerprint density at radius 2 is 1.57 bits per heavy atom. The lowest BCUT2D eigenvalue weighted by Crippen LogP contribution is -2.16. The highest BCUT2D eigenvalue weighted by Crippen LogP contribution is 2.26. The monoisotopic (exact) mass is 416 g/mol. The van der Waals surface area contributed by atoms with Crippen LogP contribution in [0.4, 0.5) is 5.69 Å². The lowest BCUT2D eigenvalue weighted by atomic mass is 10.1. The fourth-order valence-corrected chi connectivity index (χ4v) is 3.56. The molecular weight excluding hydrogens is 396 g/mol. The van der Waals surface area contributed by atoms with Crippen LogP contribution in [-0.4, -0.2) is 20.7 Å². The highest BCUT2D eigenvalue weighted by molar-refractivity contribution is 6.30. The Kier molecular flexibility index (Phi) is 5.38. The second-order valence-corrected chi connectivity index (χ2v) is 7.63. The Bertz CT molecular complexity index is 1230. The van der Waals surface area contributed by atoms with Gasteiger partial charge in [-0.15, -0.1) is 5.10 Å². The van der Waals surface area contributed by atoms with Crippen LogP contribution in [0.5, 0.6) is 0 Å². The van der Waals surface area contributed by atoms with E-state index in [9.17, 15) is 4.79 Å². The molecule has 1 aromatic heterocycles. The van der Waals surface area contributed by atoms with Gasteiger partial charge in [0.25, 0.3) is 5.91 Å². The van der Waals surface area contributed by atoms with Crippen LogP contribution in [0, 0.1) is 20.8 Å². The Labute approximate surface area is 180 Å². The Hall–Kier alpha value is -3.44. The number of halogens is 1. The molecule has 0 saturated carbocycles. The SMILES string of the molecule is Cc1ccccc1-n1nc(C(=O)Nc2c(C)cccc2C)nc1-c1cccc(Cl)c1. The first-order chi connectivity index (χ1) is 14.4. The molecule has 4 rings (SSSR count). The number of nitrogens with one attached hydrogen (secondary N) is 1. The van der Waals surface area contributed by atoms with Crippen LogP contribution >= 0.6 is 11.6 Å². The predicted octanol–water partition coefficient (Wildman–Crippen LogP) is 5.77. The molecule has 150 valence electrons. The summed E-state index contributed by atoms with van der Waals surface area (Å²) in [7, 11) is 0. The van der Waals surface area contributed by atoms with Crippen LogP contribution in [0.2, 0.25) is 5.02 Å². The van der Waals surface area contributed by atoms with Crippen molar-refractivity contribution in [3.8, 4) is 17.1 Å². The smallest absolute Gasteiger partial charge is 0.295 e. The number of para-hydroxylation sites is 2. The number of nitrogens with zero attached hydrogens (tertiary/aromatic N) is 3. The summed E-state index contributed by atoms with van der Waals surface area (Å²) in [6.07, 6.45) is 0. The van der Waals surface area contributed by atoms with Gasteiger partial charge in [-0.25, -0.2) is 9.67 Å². The molecule has 0 atom stereocenters. The zero-order chi connectivity index (χ0) is 21.3. The van der Waals surface area contributed by atoms with Gasteiger partial charge in [0, 0.05) is 16.3 Å². The summed E-state index contributed by atoms with van der Waals surface area (Å²) in [6, 6.07) is 21.1. The molecule has 0 fully saturated rings. The summed E-state index contributed by atoms with van der Waals surface area (Å²) in [5.41, 5.74) is 5.40. The summed E-state index contributed by atoms with van der Waals surface area (Å²) < 4.78 is 1.70. The van der Waals surface area contributed by atoms with Gasteiger partial charge in [0.2, 0.25) is 5.82 Å². The molecule has 0 unspecified atom stereocenters. The minimum Gasteiger partial charge on any atom is -0.319 e. The van der Waals surface area contributed by atoms with Gasteiger partial charge in [-0.3, -0.25) is 4.79 Å². The van der Waals surface area contributed by atoms with E-state index in [-0.39, 0.29) is 11.7 Å². The molecule has 0 radical (unpaired) electrons. The molecular formula is C24H21ClN4O. The van der Waals surface area contributed by atoms with Gasteiger partial charge < -0.3 is 5.32 Å². The highest BCUT2D eigenvalue weighted by Gasteiger charge is 2.20. The molecule has 30 heavy (non-hydrogen) atoms. The van der Waals surface area contributed by atoms with Crippen LogP contribution in [0.1, 0.15) is 27.3 Å². The second kappa shape index (κ2) is 8.13. The van der Waals surface area contributed by atoms with Crippen molar-refractivity contribution < 1.29 is 4.79 Å². The third-order valence-electron chi connectivity index (χ3n) is 4.96. The lowest BCUT2D eigenvalue weighted by Gasteiger charge is -2.10. The minimum atomic E-state index is -0.358. The molecule has 1 heterocycles. The van der Waals surface area contributed by atoms with Crippen LogP contribution in [0.25, 0.3) is 17.1 Å². The van der Waals surface area contributed by atoms with Crippen molar-refractivity contribution in [2.45, 2.75) is 20.8 Å². The topological polar surface area (TPSA) is 59.8 Å². The average molecular weight is 417 g/mol. The number of hydrogen-bond acceptors (Lipinski definition) is 3. The number of amides is 1. The molecule has 3 aromatic carbocycles. The van der Waals surface area contributed by atoms with Crippen molar-refractivity contribution in [2.75, 3.05) is 5.32 Å². The highest BCUT2D eigenvalue weighted by atomic mass is 35.5. The van der Waals surface area contributed by atoms with Crippen molar-refractivity contribution in [1.82, 2.24) is 14.8 Å². The van der Waals surface area contributed by atoms with Gasteiger partial charge in [-0.1, -0.05) is 60.1 Å². The number of carbonyl (C=O) groups excluding carboxylic acids is 1. The number of aryl methyl sites for hydroxylation is 3. The summed E-state index contributed by atoms with van der Waals surface area (Å²) >= 11 is 6.20. The van der Waals surface area contributed by atoms with E-state index in [4.69, 9.17) is 11.6 Å². The number of anilines is 1. The first-order valence-electron chi connectivity index (χ1n) is 9.60. The van der Waals surface area contributed by atoms with Crippen molar-refractivity contribution in [3.63, 3.8) is 0 Å². The summed E-state index contributed by atoms with van der Waals surface area (Å²) in [5.74, 6) is 0.289. The molecule has 0 saturated heterocycles. The van der Waals surface area contributed by atoms with Crippen molar-refractivity contribution >= 4 is 23.2 Å². The standard InChI is InChI=1S/C24H21ClN4O/c1-15-8-4-5-13-20(15)29-23(18-11-7-12-19(25)14-18)27-22(28-29)24(30)26-21-16(2)9-6-10-17(21)3/h4-14H,1-3H3,(H,26,30). The fraction of sp³-hybridized carbons (Fsp3) is 0.125. The van der Waals surface area contributed by atoms with Crippen LogP contribution in [0.3, 0.4) is 0 Å². The van der Waals surface area contributed by atoms with Crippen LogP contribution < -0.4 is 5.32 Å². The maximum atomic E-state index is 13.0. The lowest BCUT2D eigenvalue weighted by molar-refractivity contribution is 0.101. The minimum absolute atomic E-state index is 0.0934. The van der Waals surface area contributed by atoms with E-state index in [1.807, 2.05) is 81.4 Å². The Morgan fingerprint density at radius 3 is 2.27 bits per heavy atom. The zero-order valence-corrected chi connectivity index (χ0v) is 17.7. The van der Waals surface area contributed by atoms with E-state index < -0.39 is 0 Å². The van der Waals surface area contributed by atoms with Gasteiger partial charge in [0.15, 0.2) is 5.82 Å². The van der Waals surface area contributed by atoms with Crippen molar-refractivity contribution in [1.29, 1.82) is 0 Å². The summed E-state index contributed by atoms with van der Waals surface area (Å²) in [6.45, 7) is 5.91. The molecule has 5 nitrogen and oxygen atoms in total. The normalized spacial score (nSPS) is 10.8. The molecule has 0 spiro atoms. The second-order valence-electron chi connectivity index (χ2n) is 7.19. The number of rotatable bonds is 4. The van der Waals surface area contributed by atoms with Crippen LogP contribution in [0.15, 0.2) is 66.7 Å². The molecule has 1 N–H and O–H groups in total. The quantitative estimate of drug-likeness (QED) is 0.459. The maximum Gasteiger partial charge on any atom is 0.295 e. The average Bonchev–Trinajstić information content (AvgIpc) is 3.16. The van der Waals surface area contributed by atoms with Gasteiger partial charge in [0.1, 0.15) is 0 Å². The van der Waals surface area contributed by atoms with Crippen molar-refractivity contribution in [3.05, 3.63) is 94.3 Å². The van der Waals surface area contributed by atoms with E-state index >= 15 is 0 Å². The number of hydrogen-bond donors (Lipinski definition) is 1. The summed E-state index contributed by atoms with van der Waals surface area (Å²) in [5, 5.41) is 8.11. The van der Waals surface area contributed by atoms with Gasteiger partial charge >= 0.3 is 0 Å². The van der Waals surface area contributed by atoms with E-state index in [0.29, 0.717) is 10.8 Å². The van der Waals surface area contributed by atoms with Gasteiger partial charge in [-0.2, -0.15) is 0 Å². The predicted molar refractivity (Wildman–Crippen MR) is 120 cm³/mol. The molecule has 0 aliphatic rings. The third kappa shape index (κ3) is 3.84. The molecule has 0 bridgehead atoms. The molecule has 1 amide bonds. The number of aromatic nitrogens is 3. The molecule has 4 aromatic rings. The van der Waals surface area contributed by atoms with Gasteiger partial charge in [-0.05, 0) is 55.7 Å². The molecule has 6 heteroatoms. The fourth-order valence-electron chi connectivity index (χ4n) is 3.37.